The molecule has 0 unspecified atom stereocenters. The molecule has 1 N–H and O–H groups in total. The molecule has 96 valence electrons. The molecule has 0 aliphatic carbocycles. The average molecular weight is 308 g/mol. The van der Waals surface area contributed by atoms with Gasteiger partial charge in [0.1, 0.15) is 0 Å². The summed E-state index contributed by atoms with van der Waals surface area (Å²) in [6, 6.07) is 6.26. The summed E-state index contributed by atoms with van der Waals surface area (Å²) in [5.74, 6) is 1.50. The van der Waals surface area contributed by atoms with Crippen molar-refractivity contribution in [2.24, 2.45) is 5.92 Å². The molecule has 18 heavy (non-hydrogen) atoms. The number of nitrogens with zero attached hydrogens (tertiary/aromatic N) is 2. The molecule has 0 saturated heterocycles. The third-order valence-corrected chi connectivity index (χ3v) is 3.22. The maximum absolute atomic E-state index is 4.37. The second kappa shape index (κ2) is 5.57. The second-order valence-corrected chi connectivity index (χ2v) is 5.74. The Morgan fingerprint density at radius 3 is 2.83 bits per heavy atom. The van der Waals surface area contributed by atoms with Gasteiger partial charge in [0.25, 0.3) is 0 Å². The first-order valence-corrected chi connectivity index (χ1v) is 6.91. The first-order valence-electron chi connectivity index (χ1n) is 6.11. The van der Waals surface area contributed by atoms with E-state index in [1.54, 1.807) is 0 Å². The Kier molecular flexibility index (Phi) is 4.07. The highest BCUT2D eigenvalue weighted by atomic mass is 79.9. The fourth-order valence-electron chi connectivity index (χ4n) is 1.81. The van der Waals surface area contributed by atoms with Crippen molar-refractivity contribution in [2.75, 3.05) is 11.9 Å². The predicted octanol–water partition coefficient (Wildman–Crippen LogP) is 4.01. The third kappa shape index (κ3) is 2.93. The second-order valence-electron chi connectivity index (χ2n) is 4.83. The van der Waals surface area contributed by atoms with Gasteiger partial charge in [-0.2, -0.15) is 0 Å². The minimum absolute atomic E-state index is 0.598. The van der Waals surface area contributed by atoms with Crippen molar-refractivity contribution in [3.63, 3.8) is 0 Å². The van der Waals surface area contributed by atoms with Crippen molar-refractivity contribution in [2.45, 2.75) is 20.8 Å². The van der Waals surface area contributed by atoms with Crippen LogP contribution >= 0.6 is 15.9 Å². The van der Waals surface area contributed by atoms with Gasteiger partial charge in [-0.3, -0.25) is 4.57 Å². The summed E-state index contributed by atoms with van der Waals surface area (Å²) in [4.78, 5) is 4.37. The molecule has 1 heterocycles. The van der Waals surface area contributed by atoms with Gasteiger partial charge >= 0.3 is 0 Å². The maximum Gasteiger partial charge on any atom is 0.207 e. The highest BCUT2D eigenvalue weighted by molar-refractivity contribution is 9.10. The summed E-state index contributed by atoms with van der Waals surface area (Å²) in [7, 11) is 0. The van der Waals surface area contributed by atoms with Gasteiger partial charge in [0.15, 0.2) is 0 Å². The van der Waals surface area contributed by atoms with Gasteiger partial charge < -0.3 is 5.32 Å². The van der Waals surface area contributed by atoms with Crippen molar-refractivity contribution < 1.29 is 0 Å². The van der Waals surface area contributed by atoms with Crippen molar-refractivity contribution in [3.05, 3.63) is 40.6 Å². The van der Waals surface area contributed by atoms with E-state index in [1.165, 1.54) is 5.56 Å². The minimum Gasteiger partial charge on any atom is -0.355 e. The lowest BCUT2D eigenvalue weighted by atomic mass is 10.2. The van der Waals surface area contributed by atoms with Gasteiger partial charge in [0.05, 0.1) is 5.69 Å². The summed E-state index contributed by atoms with van der Waals surface area (Å²) in [6.45, 7) is 7.40. The van der Waals surface area contributed by atoms with Crippen LogP contribution in [0.15, 0.2) is 35.1 Å². The van der Waals surface area contributed by atoms with Crippen LogP contribution < -0.4 is 5.32 Å². The molecule has 0 amide bonds. The lowest BCUT2D eigenvalue weighted by Crippen LogP contribution is -2.12. The molecule has 0 aliphatic heterocycles. The SMILES string of the molecule is Cc1cc(Br)ccc1-n1ccnc1NCC(C)C. The molecule has 0 fully saturated rings. The third-order valence-electron chi connectivity index (χ3n) is 2.73. The van der Waals surface area contributed by atoms with Crippen molar-refractivity contribution in [3.8, 4) is 5.69 Å². The van der Waals surface area contributed by atoms with Crippen LogP contribution in [-0.4, -0.2) is 16.1 Å². The van der Waals surface area contributed by atoms with Gasteiger partial charge in [-0.1, -0.05) is 29.8 Å². The Morgan fingerprint density at radius 1 is 1.39 bits per heavy atom. The Morgan fingerprint density at radius 2 is 2.17 bits per heavy atom. The minimum atomic E-state index is 0.598. The molecule has 0 radical (unpaired) electrons. The van der Waals surface area contributed by atoms with Crippen LogP contribution in [0.2, 0.25) is 0 Å². The first-order chi connectivity index (χ1) is 8.58. The van der Waals surface area contributed by atoms with Crippen LogP contribution in [0.3, 0.4) is 0 Å². The highest BCUT2D eigenvalue weighted by Crippen LogP contribution is 2.22. The van der Waals surface area contributed by atoms with Gasteiger partial charge in [-0.15, -0.1) is 0 Å². The van der Waals surface area contributed by atoms with Crippen molar-refractivity contribution >= 4 is 21.9 Å². The molecule has 3 nitrogen and oxygen atoms in total. The quantitative estimate of drug-likeness (QED) is 0.925. The smallest absolute Gasteiger partial charge is 0.207 e. The van der Waals surface area contributed by atoms with Crippen LogP contribution in [0.5, 0.6) is 0 Å². The van der Waals surface area contributed by atoms with Gasteiger partial charge in [0, 0.05) is 23.4 Å². The number of nitrogens with one attached hydrogen (secondary N) is 1. The number of aromatic nitrogens is 2. The number of hydrogen-bond acceptors (Lipinski definition) is 2. The molecule has 0 bridgehead atoms. The normalized spacial score (nSPS) is 10.9. The Balaban J connectivity index is 2.30. The predicted molar refractivity (Wildman–Crippen MR) is 79.3 cm³/mol. The zero-order valence-electron chi connectivity index (χ0n) is 10.9. The maximum atomic E-state index is 4.37. The first kappa shape index (κ1) is 13.1. The topological polar surface area (TPSA) is 29.9 Å². The number of hydrogen-bond donors (Lipinski definition) is 1. The summed E-state index contributed by atoms with van der Waals surface area (Å²) in [5.41, 5.74) is 2.37. The monoisotopic (exact) mass is 307 g/mol. The van der Waals surface area contributed by atoms with E-state index in [2.05, 4.69) is 69.8 Å². The molecule has 2 rings (SSSR count). The lowest BCUT2D eigenvalue weighted by molar-refractivity contribution is 0.683. The Hall–Kier alpha value is -1.29. The largest absolute Gasteiger partial charge is 0.355 e. The van der Waals surface area contributed by atoms with Crippen LogP contribution in [0, 0.1) is 12.8 Å². The van der Waals surface area contributed by atoms with Crippen molar-refractivity contribution in [1.82, 2.24) is 9.55 Å². The summed E-state index contributed by atoms with van der Waals surface area (Å²) < 4.78 is 3.19. The molecular formula is C14H18BrN3. The molecule has 1 aromatic carbocycles. The zero-order chi connectivity index (χ0) is 13.1. The van der Waals surface area contributed by atoms with Crippen LogP contribution in [-0.2, 0) is 0 Å². The number of aryl methyl sites for hydroxylation is 1. The average Bonchev–Trinajstić information content (AvgIpc) is 2.74. The Bertz CT molecular complexity index is 532. The molecular weight excluding hydrogens is 290 g/mol. The highest BCUT2D eigenvalue weighted by Gasteiger charge is 2.07. The van der Waals surface area contributed by atoms with Gasteiger partial charge in [-0.05, 0) is 36.6 Å². The molecule has 0 aliphatic rings. The fourth-order valence-corrected chi connectivity index (χ4v) is 2.29. The van der Waals surface area contributed by atoms with E-state index in [0.717, 1.165) is 22.7 Å². The molecule has 0 atom stereocenters. The van der Waals surface area contributed by atoms with Gasteiger partial charge in [0.2, 0.25) is 5.95 Å². The van der Waals surface area contributed by atoms with Crippen molar-refractivity contribution in [1.29, 1.82) is 0 Å². The Labute approximate surface area is 116 Å². The van der Waals surface area contributed by atoms with E-state index >= 15 is 0 Å². The molecule has 2 aromatic rings. The summed E-state index contributed by atoms with van der Waals surface area (Å²) in [6.07, 6.45) is 3.81. The molecule has 0 spiro atoms. The molecule has 1 aromatic heterocycles. The standard InChI is InChI=1S/C14H18BrN3/c1-10(2)9-17-14-16-6-7-18(14)13-5-4-12(15)8-11(13)3/h4-8,10H,9H2,1-3H3,(H,16,17). The molecule has 4 heteroatoms. The van der Waals surface area contributed by atoms with E-state index < -0.39 is 0 Å². The van der Waals surface area contributed by atoms with Crippen LogP contribution in [0.4, 0.5) is 5.95 Å². The van der Waals surface area contributed by atoms with E-state index in [0.29, 0.717) is 5.92 Å². The fraction of sp³-hybridized carbons (Fsp3) is 0.357. The molecule has 0 saturated carbocycles. The van der Waals surface area contributed by atoms with Gasteiger partial charge in [-0.25, -0.2) is 4.98 Å². The number of imidazole rings is 1. The zero-order valence-corrected chi connectivity index (χ0v) is 12.5. The summed E-state index contributed by atoms with van der Waals surface area (Å²) in [5, 5.41) is 3.37. The van der Waals surface area contributed by atoms with E-state index in [-0.39, 0.29) is 0 Å². The number of anilines is 1. The number of benzene rings is 1. The van der Waals surface area contributed by atoms with E-state index in [1.807, 2.05) is 12.4 Å². The van der Waals surface area contributed by atoms with Crippen LogP contribution in [0.25, 0.3) is 5.69 Å². The van der Waals surface area contributed by atoms with E-state index in [4.69, 9.17) is 0 Å². The lowest BCUT2D eigenvalue weighted by Gasteiger charge is -2.13. The van der Waals surface area contributed by atoms with E-state index in [9.17, 15) is 0 Å². The van der Waals surface area contributed by atoms with Crippen LogP contribution in [0.1, 0.15) is 19.4 Å². The number of rotatable bonds is 4. The summed E-state index contributed by atoms with van der Waals surface area (Å²) >= 11 is 3.49. The number of halogens is 1.